The quantitative estimate of drug-likeness (QED) is 0.197. The minimum absolute atomic E-state index is 0.146. The van der Waals surface area contributed by atoms with Crippen molar-refractivity contribution >= 4 is 21.9 Å². The number of hydrogen-bond acceptors (Lipinski definition) is 1. The van der Waals surface area contributed by atoms with Crippen LogP contribution >= 0.6 is 0 Å². The summed E-state index contributed by atoms with van der Waals surface area (Å²) in [6.07, 6.45) is 0.410. The first kappa shape index (κ1) is 23.4. The summed E-state index contributed by atoms with van der Waals surface area (Å²) in [5, 5.41) is 2.09. The molecule has 2 heterocycles. The van der Waals surface area contributed by atoms with Gasteiger partial charge in [-0.3, -0.25) is 0 Å². The third-order valence-electron chi connectivity index (χ3n) is 7.83. The summed E-state index contributed by atoms with van der Waals surface area (Å²) in [6.45, 7) is 14.0. The van der Waals surface area contributed by atoms with E-state index in [9.17, 15) is 0 Å². The predicted octanol–water partition coefficient (Wildman–Crippen LogP) is 10.6. The van der Waals surface area contributed by atoms with Crippen molar-refractivity contribution in [1.29, 1.82) is 0 Å². The van der Waals surface area contributed by atoms with Gasteiger partial charge in [0.25, 0.3) is 0 Å². The molecular formula is C40H42NO+. The summed E-state index contributed by atoms with van der Waals surface area (Å²) in [5.74, 6) is 0. The van der Waals surface area contributed by atoms with Crippen LogP contribution in [-0.4, -0.2) is 0 Å². The molecule has 0 saturated carbocycles. The number of rotatable bonds is 4. The summed E-state index contributed by atoms with van der Waals surface area (Å²) in [4.78, 5) is 0. The molecule has 42 heavy (non-hydrogen) atoms. The van der Waals surface area contributed by atoms with Crippen LogP contribution in [0.2, 0.25) is 0 Å². The Bertz CT molecular complexity index is 2110. The molecule has 4 aromatic carbocycles. The average molecular weight is 557 g/mol. The van der Waals surface area contributed by atoms with E-state index in [0.29, 0.717) is 11.1 Å². The largest absolute Gasteiger partial charge is 0.455 e. The van der Waals surface area contributed by atoms with Crippen molar-refractivity contribution in [3.05, 3.63) is 114 Å². The van der Waals surface area contributed by atoms with Crippen LogP contribution in [0, 0.1) is 12.3 Å². The molecule has 2 nitrogen and oxygen atoms in total. The maximum absolute atomic E-state index is 9.13. The van der Waals surface area contributed by atoms with Crippen molar-refractivity contribution in [2.24, 2.45) is 12.5 Å². The second kappa shape index (κ2) is 10.3. The zero-order chi connectivity index (χ0) is 33.3. The Labute approximate surface area is 256 Å². The predicted molar refractivity (Wildman–Crippen MR) is 178 cm³/mol. The van der Waals surface area contributed by atoms with Crippen molar-refractivity contribution in [3.8, 4) is 33.5 Å². The van der Waals surface area contributed by atoms with Gasteiger partial charge < -0.3 is 4.42 Å². The summed E-state index contributed by atoms with van der Waals surface area (Å²) in [6, 6.07) is 26.5. The molecule has 0 N–H and O–H groups in total. The SMILES string of the molecule is [2H]c1cc(C([2H])([2H])C(C)(C)C)cc([2H])c1-c1cc(-c2c(C)ccc3c2oc2cc(-c4ccccc4)ccc23)[n+](C)cc1C(C)(C)C. The lowest BCUT2D eigenvalue weighted by Crippen LogP contribution is -2.34. The normalized spacial score (nSPS) is 14.1. The first-order chi connectivity index (χ1) is 21.5. The van der Waals surface area contributed by atoms with Gasteiger partial charge in [0.05, 0.1) is 8.30 Å². The molecule has 212 valence electrons. The van der Waals surface area contributed by atoms with Gasteiger partial charge in [0, 0.05) is 25.1 Å². The van der Waals surface area contributed by atoms with Crippen LogP contribution in [0.25, 0.3) is 55.4 Å². The van der Waals surface area contributed by atoms with Gasteiger partial charge in [-0.15, -0.1) is 0 Å². The maximum atomic E-state index is 9.13. The summed E-state index contributed by atoms with van der Waals surface area (Å²) in [5.41, 5.74) is 8.50. The van der Waals surface area contributed by atoms with Gasteiger partial charge in [0.15, 0.2) is 6.20 Å². The van der Waals surface area contributed by atoms with Gasteiger partial charge in [0.2, 0.25) is 5.69 Å². The standard InChI is InChI=1S/C40H42NO/c1-26-14-20-32-31-21-19-30(28-12-10-9-11-13-28)22-36(31)42-38(32)37(26)35-23-33(34(25-41(35)8)40(5,6)7)29-17-15-27(16-18-29)24-39(2,3)4/h9-23,25H,24H2,1-8H3/q+1/i17D,18D,24D2. The van der Waals surface area contributed by atoms with E-state index in [-0.39, 0.29) is 17.5 Å². The van der Waals surface area contributed by atoms with Crippen LogP contribution in [0.5, 0.6) is 0 Å². The van der Waals surface area contributed by atoms with Gasteiger partial charge >= 0.3 is 0 Å². The Balaban J connectivity index is 1.60. The number of aromatic nitrogens is 1. The van der Waals surface area contributed by atoms with E-state index in [4.69, 9.17) is 9.90 Å². The van der Waals surface area contributed by atoms with Gasteiger partial charge in [-0.05, 0) is 69.6 Å². The van der Waals surface area contributed by atoms with E-state index < -0.39 is 11.8 Å². The Hall–Kier alpha value is -4.17. The molecule has 0 atom stereocenters. The van der Waals surface area contributed by atoms with E-state index in [1.54, 1.807) is 12.1 Å². The Kier molecular flexibility index (Phi) is 5.73. The summed E-state index contributed by atoms with van der Waals surface area (Å²) in [7, 11) is 2.03. The molecule has 0 amide bonds. The lowest BCUT2D eigenvalue weighted by Gasteiger charge is -2.23. The highest BCUT2D eigenvalue weighted by Gasteiger charge is 2.28. The number of aryl methyl sites for hydroxylation is 2. The Morgan fingerprint density at radius 3 is 2.14 bits per heavy atom. The highest BCUT2D eigenvalue weighted by Crippen LogP contribution is 2.41. The van der Waals surface area contributed by atoms with Crippen molar-refractivity contribution in [2.75, 3.05) is 0 Å². The number of fused-ring (bicyclic) bond motifs is 3. The second-order valence-electron chi connectivity index (χ2n) is 13.4. The molecule has 0 bridgehead atoms. The van der Waals surface area contributed by atoms with Crippen LogP contribution < -0.4 is 4.57 Å². The third kappa shape index (κ3) is 5.27. The van der Waals surface area contributed by atoms with Crippen LogP contribution in [0.4, 0.5) is 0 Å². The minimum atomic E-state index is -1.70. The van der Waals surface area contributed by atoms with Crippen molar-refractivity contribution < 1.29 is 14.5 Å². The van der Waals surface area contributed by atoms with E-state index in [0.717, 1.165) is 61.0 Å². The highest BCUT2D eigenvalue weighted by atomic mass is 16.3. The minimum Gasteiger partial charge on any atom is -0.455 e. The van der Waals surface area contributed by atoms with E-state index in [2.05, 4.69) is 87.0 Å². The topological polar surface area (TPSA) is 17.0 Å². The lowest BCUT2D eigenvalue weighted by molar-refractivity contribution is -0.660. The number of pyridine rings is 1. The molecule has 0 unspecified atom stereocenters. The van der Waals surface area contributed by atoms with E-state index >= 15 is 0 Å². The first-order valence-corrected chi connectivity index (χ1v) is 14.7. The van der Waals surface area contributed by atoms with E-state index in [1.165, 1.54) is 0 Å². The molecule has 0 aliphatic rings. The lowest BCUT2D eigenvalue weighted by atomic mass is 9.81. The highest BCUT2D eigenvalue weighted by molar-refractivity contribution is 6.10. The molecule has 2 aromatic heterocycles. The van der Waals surface area contributed by atoms with Crippen LogP contribution in [-0.2, 0) is 18.8 Å². The second-order valence-corrected chi connectivity index (χ2v) is 13.4. The first-order valence-electron chi connectivity index (χ1n) is 16.7. The van der Waals surface area contributed by atoms with Crippen molar-refractivity contribution in [2.45, 2.75) is 60.3 Å². The van der Waals surface area contributed by atoms with Gasteiger partial charge in [0.1, 0.15) is 18.2 Å². The molecule has 0 aliphatic carbocycles. The zero-order valence-electron chi connectivity index (χ0n) is 29.9. The summed E-state index contributed by atoms with van der Waals surface area (Å²) < 4.78 is 44.7. The van der Waals surface area contributed by atoms with Crippen LogP contribution in [0.3, 0.4) is 0 Å². The maximum Gasteiger partial charge on any atom is 0.216 e. The fourth-order valence-corrected chi connectivity index (χ4v) is 5.81. The van der Waals surface area contributed by atoms with Crippen LogP contribution in [0.1, 0.15) is 63.7 Å². The summed E-state index contributed by atoms with van der Waals surface area (Å²) >= 11 is 0. The zero-order valence-corrected chi connectivity index (χ0v) is 25.9. The molecule has 0 aliphatic heterocycles. The molecule has 6 aromatic rings. The average Bonchev–Trinajstić information content (AvgIpc) is 3.34. The Morgan fingerprint density at radius 1 is 0.786 bits per heavy atom. The van der Waals surface area contributed by atoms with Crippen LogP contribution in [0.15, 0.2) is 102 Å². The number of benzene rings is 4. The van der Waals surface area contributed by atoms with Gasteiger partial charge in [-0.1, -0.05) is 114 Å². The van der Waals surface area contributed by atoms with E-state index in [1.807, 2.05) is 46.0 Å². The molecule has 0 saturated heterocycles. The van der Waals surface area contributed by atoms with Crippen molar-refractivity contribution in [1.82, 2.24) is 0 Å². The molecular weight excluding hydrogens is 510 g/mol. The fraction of sp³-hybridized carbons (Fsp3) is 0.275. The number of nitrogens with zero attached hydrogens (tertiary/aromatic N) is 1. The molecule has 0 spiro atoms. The fourth-order valence-electron chi connectivity index (χ4n) is 5.81. The molecule has 6 rings (SSSR count). The Morgan fingerprint density at radius 2 is 1.48 bits per heavy atom. The van der Waals surface area contributed by atoms with Crippen molar-refractivity contribution in [3.63, 3.8) is 0 Å². The molecule has 2 heteroatoms. The van der Waals surface area contributed by atoms with Gasteiger partial charge in [-0.2, -0.15) is 0 Å². The number of hydrogen-bond donors (Lipinski definition) is 0. The smallest absolute Gasteiger partial charge is 0.216 e. The molecule has 0 radical (unpaired) electrons. The third-order valence-corrected chi connectivity index (χ3v) is 7.83. The number of furan rings is 1. The van der Waals surface area contributed by atoms with Gasteiger partial charge in [-0.25, -0.2) is 4.57 Å². The monoisotopic (exact) mass is 556 g/mol. The molecule has 0 fully saturated rings.